The van der Waals surface area contributed by atoms with Gasteiger partial charge in [0.25, 0.3) is 5.91 Å². The van der Waals surface area contributed by atoms with E-state index in [0.717, 1.165) is 0 Å². The molecular weight excluding hydrogens is 580 g/mol. The monoisotopic (exact) mass is 591 g/mol. The topological polar surface area (TPSA) is 96.5 Å². The average Bonchev–Trinajstić information content (AvgIpc) is 3.32. The number of hydrazine groups is 1. The molecule has 0 heterocycles. The van der Waals surface area contributed by atoms with Crippen LogP contribution in [-0.2, 0) is 9.53 Å². The van der Waals surface area contributed by atoms with Crippen molar-refractivity contribution in [2.75, 3.05) is 11.9 Å². The number of amides is 3. The number of carbonyl (C=O) groups is 3. The van der Waals surface area contributed by atoms with Crippen molar-refractivity contribution in [3.63, 3.8) is 0 Å². The van der Waals surface area contributed by atoms with Crippen molar-refractivity contribution in [3.8, 4) is 0 Å². The number of anilines is 1. The van der Waals surface area contributed by atoms with Crippen LogP contribution in [0.4, 0.5) is 23.7 Å². The van der Waals surface area contributed by atoms with Crippen LogP contribution in [0.3, 0.4) is 0 Å². The van der Waals surface area contributed by atoms with Crippen LogP contribution in [0.25, 0.3) is 0 Å². The number of benzene rings is 2. The van der Waals surface area contributed by atoms with Crippen molar-refractivity contribution >= 4 is 81.6 Å². The quantitative estimate of drug-likeness (QED) is 0.288. The summed E-state index contributed by atoms with van der Waals surface area (Å²) in [5.41, 5.74) is 3.98. The Hall–Kier alpha value is -2.11. The van der Waals surface area contributed by atoms with Gasteiger partial charge in [-0.1, -0.05) is 34.8 Å². The van der Waals surface area contributed by atoms with Gasteiger partial charge in [0.1, 0.15) is 4.33 Å². The molecule has 2 unspecified atom stereocenters. The van der Waals surface area contributed by atoms with Crippen LogP contribution in [-0.4, -0.2) is 35.0 Å². The summed E-state index contributed by atoms with van der Waals surface area (Å²) < 4.78 is 38.7. The molecule has 3 amide bonds. The fraction of sp³-hybridized carbons (Fsp3) is 0.250. The Kier molecular flexibility index (Phi) is 8.23. The van der Waals surface area contributed by atoms with Crippen LogP contribution < -0.4 is 16.2 Å². The first-order valence-electron chi connectivity index (χ1n) is 9.43. The van der Waals surface area contributed by atoms with Gasteiger partial charge in [0.15, 0.2) is 6.61 Å². The van der Waals surface area contributed by atoms with Crippen molar-refractivity contribution in [2.45, 2.75) is 16.4 Å². The minimum absolute atomic E-state index is 0.0761. The van der Waals surface area contributed by atoms with E-state index in [1.165, 1.54) is 24.3 Å². The second-order valence-electron chi connectivity index (χ2n) is 7.29. The predicted octanol–water partition coefficient (Wildman–Crippen LogP) is 6.11. The number of hydrogen-bond donors (Lipinski definition) is 3. The van der Waals surface area contributed by atoms with Crippen LogP contribution in [0.1, 0.15) is 21.8 Å². The summed E-state index contributed by atoms with van der Waals surface area (Å²) in [5.74, 6) is -3.04. The van der Waals surface area contributed by atoms with Gasteiger partial charge >= 0.3 is 12.3 Å². The molecule has 0 bridgehead atoms. The number of halogens is 8. The highest BCUT2D eigenvalue weighted by Gasteiger charge is 2.67. The lowest BCUT2D eigenvalue weighted by Crippen LogP contribution is -2.43. The van der Waals surface area contributed by atoms with E-state index >= 15 is 0 Å². The van der Waals surface area contributed by atoms with Gasteiger partial charge in [0.2, 0.25) is 5.91 Å². The predicted molar refractivity (Wildman–Crippen MR) is 125 cm³/mol. The minimum atomic E-state index is -4.74. The van der Waals surface area contributed by atoms with Gasteiger partial charge < -0.3 is 10.1 Å². The fourth-order valence-electron chi connectivity index (χ4n) is 3.18. The number of hydrogen-bond acceptors (Lipinski definition) is 4. The maximum absolute atomic E-state index is 12.8. The number of alkyl halides is 5. The largest absolute Gasteiger partial charge is 0.439 e. The molecule has 0 aromatic heterocycles. The number of rotatable bonds is 5. The molecule has 2 aromatic carbocycles. The summed E-state index contributed by atoms with van der Waals surface area (Å²) in [6, 6.07) is 8.53. The molecule has 0 aliphatic heterocycles. The van der Waals surface area contributed by atoms with Crippen LogP contribution in [0.15, 0.2) is 36.4 Å². The van der Waals surface area contributed by atoms with E-state index in [1.54, 1.807) is 17.6 Å². The Labute approximate surface area is 221 Å². The Morgan fingerprint density at radius 3 is 2.20 bits per heavy atom. The first-order chi connectivity index (χ1) is 16.2. The van der Waals surface area contributed by atoms with Gasteiger partial charge in [0.05, 0.1) is 16.5 Å². The van der Waals surface area contributed by atoms with E-state index in [2.05, 4.69) is 10.1 Å². The molecule has 1 aliphatic rings. The van der Waals surface area contributed by atoms with Crippen molar-refractivity contribution < 1.29 is 32.3 Å². The van der Waals surface area contributed by atoms with Gasteiger partial charge in [-0.05, 0) is 42.0 Å². The molecule has 15 heteroatoms. The second-order valence-corrected chi connectivity index (χ2v) is 10.0. The molecule has 3 N–H and O–H groups in total. The van der Waals surface area contributed by atoms with Gasteiger partial charge in [-0.15, -0.1) is 23.2 Å². The molecule has 0 spiro atoms. The molecule has 2 atom stereocenters. The van der Waals surface area contributed by atoms with Gasteiger partial charge in [-0.25, -0.2) is 10.2 Å². The highest BCUT2D eigenvalue weighted by atomic mass is 35.5. The molecule has 3 rings (SSSR count). The van der Waals surface area contributed by atoms with E-state index < -0.39 is 46.9 Å². The van der Waals surface area contributed by atoms with E-state index in [0.29, 0.717) is 15.6 Å². The highest BCUT2D eigenvalue weighted by molar-refractivity contribution is 6.53. The lowest BCUT2D eigenvalue weighted by Gasteiger charge is -2.12. The van der Waals surface area contributed by atoms with Gasteiger partial charge in [0, 0.05) is 21.7 Å². The standard InChI is InChI=1S/C20H13Cl5F3N3O4/c21-9-3-8(4-10(22)5-9)14-15(20(14,24)25)17(33)29-11-1-2-13(23)12(6-11)16(32)30-31-18(34)35-7-19(26,27)28/h1-6,14-15H,7H2,(H,29,33)(H,30,32)(H,31,34). The smallest absolute Gasteiger partial charge is 0.426 e. The lowest BCUT2D eigenvalue weighted by atomic mass is 10.1. The van der Waals surface area contributed by atoms with E-state index in [4.69, 9.17) is 58.0 Å². The first-order valence-corrected chi connectivity index (χ1v) is 11.3. The lowest BCUT2D eigenvalue weighted by molar-refractivity contribution is -0.160. The second kappa shape index (κ2) is 10.5. The molecule has 7 nitrogen and oxygen atoms in total. The van der Waals surface area contributed by atoms with Gasteiger partial charge in [-0.2, -0.15) is 13.2 Å². The van der Waals surface area contributed by atoms with Crippen LogP contribution in [0, 0.1) is 5.92 Å². The summed E-state index contributed by atoms with van der Waals surface area (Å²) in [6.07, 6.45) is -6.28. The maximum Gasteiger partial charge on any atom is 0.426 e. The van der Waals surface area contributed by atoms with E-state index in [1.807, 2.05) is 5.43 Å². The summed E-state index contributed by atoms with van der Waals surface area (Å²) in [6.45, 7) is -1.84. The number of carbonyl (C=O) groups excluding carboxylic acids is 3. The van der Waals surface area contributed by atoms with Crippen molar-refractivity contribution in [2.24, 2.45) is 5.92 Å². The van der Waals surface area contributed by atoms with Gasteiger partial charge in [-0.3, -0.25) is 15.0 Å². The highest BCUT2D eigenvalue weighted by Crippen LogP contribution is 2.65. The number of nitrogens with one attached hydrogen (secondary N) is 3. The van der Waals surface area contributed by atoms with E-state index in [-0.39, 0.29) is 16.3 Å². The zero-order chi connectivity index (χ0) is 26.1. The molecule has 35 heavy (non-hydrogen) atoms. The van der Waals surface area contributed by atoms with E-state index in [9.17, 15) is 27.6 Å². The summed E-state index contributed by atoms with van der Waals surface area (Å²) in [7, 11) is 0. The molecule has 188 valence electrons. The Morgan fingerprint density at radius 1 is 0.971 bits per heavy atom. The Bertz CT molecular complexity index is 1160. The molecule has 1 aliphatic carbocycles. The first kappa shape index (κ1) is 27.5. The van der Waals surface area contributed by atoms with Crippen LogP contribution in [0.5, 0.6) is 0 Å². The molecule has 1 saturated carbocycles. The molecule has 2 aromatic rings. The van der Waals surface area contributed by atoms with Crippen molar-refractivity contribution in [3.05, 3.63) is 62.6 Å². The minimum Gasteiger partial charge on any atom is -0.439 e. The molecule has 0 saturated heterocycles. The third-order valence-electron chi connectivity index (χ3n) is 4.70. The zero-order valence-corrected chi connectivity index (χ0v) is 20.8. The SMILES string of the molecule is O=C(NNC(=O)c1cc(NC(=O)C2C(c3cc(Cl)cc(Cl)c3)C2(Cl)Cl)ccc1Cl)OCC(F)(F)F. The van der Waals surface area contributed by atoms with Crippen molar-refractivity contribution in [1.82, 2.24) is 10.9 Å². The molecule has 0 radical (unpaired) electrons. The Balaban J connectivity index is 1.66. The maximum atomic E-state index is 12.8. The normalized spacial score (nSPS) is 18.4. The third kappa shape index (κ3) is 6.98. The zero-order valence-electron chi connectivity index (χ0n) is 17.0. The Morgan fingerprint density at radius 2 is 1.60 bits per heavy atom. The van der Waals surface area contributed by atoms with Crippen LogP contribution in [0.2, 0.25) is 15.1 Å². The summed E-state index contributed by atoms with van der Waals surface area (Å²) in [4.78, 5) is 36.4. The third-order valence-corrected chi connectivity index (χ3v) is 6.41. The molecular formula is C20H13Cl5F3N3O4. The fourth-order valence-corrected chi connectivity index (χ4v) is 4.75. The molecule has 1 fully saturated rings. The summed E-state index contributed by atoms with van der Waals surface area (Å²) in [5, 5.41) is 3.17. The summed E-state index contributed by atoms with van der Waals surface area (Å²) >= 11 is 30.6. The number of ether oxygens (including phenoxy) is 1. The van der Waals surface area contributed by atoms with Crippen molar-refractivity contribution in [1.29, 1.82) is 0 Å². The van der Waals surface area contributed by atoms with Crippen LogP contribution >= 0.6 is 58.0 Å². The average molecular weight is 594 g/mol.